The lowest BCUT2D eigenvalue weighted by Gasteiger charge is -2.36. The van der Waals surface area contributed by atoms with Crippen LogP contribution in [0.5, 0.6) is 11.5 Å². The summed E-state index contributed by atoms with van der Waals surface area (Å²) in [6.07, 6.45) is 0. The van der Waals surface area contributed by atoms with Crippen LogP contribution < -0.4 is 19.7 Å². The van der Waals surface area contributed by atoms with E-state index in [1.165, 1.54) is 0 Å². The van der Waals surface area contributed by atoms with Gasteiger partial charge in [-0.15, -0.1) is 0 Å². The summed E-state index contributed by atoms with van der Waals surface area (Å²) >= 11 is 6.27. The van der Waals surface area contributed by atoms with Crippen LogP contribution >= 0.6 is 11.6 Å². The number of carbonyl (C=O) groups excluding carboxylic acids is 1. The van der Waals surface area contributed by atoms with Crippen LogP contribution in [0.1, 0.15) is 0 Å². The molecule has 0 radical (unpaired) electrons. The molecule has 0 saturated carbocycles. The van der Waals surface area contributed by atoms with E-state index < -0.39 is 0 Å². The van der Waals surface area contributed by atoms with Crippen molar-refractivity contribution in [2.24, 2.45) is 0 Å². The number of rotatable bonds is 2. The Morgan fingerprint density at radius 3 is 2.46 bits per heavy atom. The molecule has 26 heavy (non-hydrogen) atoms. The first-order valence-electron chi connectivity index (χ1n) is 8.66. The van der Waals surface area contributed by atoms with Gasteiger partial charge in [-0.3, -0.25) is 0 Å². The average molecular weight is 374 g/mol. The second-order valence-corrected chi connectivity index (χ2v) is 6.62. The molecular weight excluding hydrogens is 354 g/mol. The molecule has 2 aliphatic rings. The van der Waals surface area contributed by atoms with Crippen molar-refractivity contribution in [1.82, 2.24) is 4.90 Å². The van der Waals surface area contributed by atoms with Gasteiger partial charge < -0.3 is 24.6 Å². The van der Waals surface area contributed by atoms with E-state index in [2.05, 4.69) is 10.2 Å². The Morgan fingerprint density at radius 1 is 0.962 bits per heavy atom. The molecule has 4 rings (SSSR count). The van der Waals surface area contributed by atoms with E-state index in [4.69, 9.17) is 21.1 Å². The fourth-order valence-electron chi connectivity index (χ4n) is 3.18. The van der Waals surface area contributed by atoms with Gasteiger partial charge in [0, 0.05) is 37.9 Å². The predicted octanol–water partition coefficient (Wildman–Crippen LogP) is 3.47. The van der Waals surface area contributed by atoms with Crippen molar-refractivity contribution in [3.63, 3.8) is 0 Å². The third-order valence-electron chi connectivity index (χ3n) is 4.55. The number of urea groups is 1. The maximum absolute atomic E-state index is 12.5. The summed E-state index contributed by atoms with van der Waals surface area (Å²) in [4.78, 5) is 16.6. The van der Waals surface area contributed by atoms with Gasteiger partial charge in [0.1, 0.15) is 13.2 Å². The smallest absolute Gasteiger partial charge is 0.321 e. The highest BCUT2D eigenvalue weighted by Gasteiger charge is 2.23. The lowest BCUT2D eigenvalue weighted by atomic mass is 10.2. The minimum Gasteiger partial charge on any atom is -0.486 e. The van der Waals surface area contributed by atoms with Crippen LogP contribution in [-0.2, 0) is 0 Å². The molecule has 1 N–H and O–H groups in total. The molecule has 2 aliphatic heterocycles. The van der Waals surface area contributed by atoms with Crippen molar-refractivity contribution in [3.8, 4) is 11.5 Å². The number of carbonyl (C=O) groups is 1. The number of amides is 2. The summed E-state index contributed by atoms with van der Waals surface area (Å²) in [5, 5.41) is 3.67. The van der Waals surface area contributed by atoms with Crippen LogP contribution in [0.2, 0.25) is 5.02 Å². The number of nitrogens with zero attached hydrogens (tertiary/aromatic N) is 2. The number of ether oxygens (including phenoxy) is 2. The number of piperazine rings is 1. The van der Waals surface area contributed by atoms with E-state index >= 15 is 0 Å². The molecule has 1 saturated heterocycles. The van der Waals surface area contributed by atoms with Crippen molar-refractivity contribution in [1.29, 1.82) is 0 Å². The van der Waals surface area contributed by atoms with Gasteiger partial charge in [-0.05, 0) is 24.3 Å². The topological polar surface area (TPSA) is 54.0 Å². The third-order valence-corrected chi connectivity index (χ3v) is 4.87. The molecule has 0 atom stereocenters. The molecule has 136 valence electrons. The maximum atomic E-state index is 12.5. The van der Waals surface area contributed by atoms with E-state index in [1.807, 2.05) is 41.3 Å². The zero-order valence-corrected chi connectivity index (χ0v) is 15.0. The Kier molecular flexibility index (Phi) is 4.75. The predicted molar refractivity (Wildman–Crippen MR) is 102 cm³/mol. The van der Waals surface area contributed by atoms with Crippen LogP contribution in [-0.4, -0.2) is 50.3 Å². The second kappa shape index (κ2) is 7.33. The Bertz CT molecular complexity index is 806. The summed E-state index contributed by atoms with van der Waals surface area (Å²) in [6, 6.07) is 13.1. The first-order chi connectivity index (χ1) is 12.7. The number of benzene rings is 2. The fourth-order valence-corrected chi connectivity index (χ4v) is 3.44. The van der Waals surface area contributed by atoms with E-state index in [9.17, 15) is 4.79 Å². The number of halogens is 1. The summed E-state index contributed by atoms with van der Waals surface area (Å²) in [5.74, 6) is 1.38. The molecule has 2 aromatic rings. The van der Waals surface area contributed by atoms with E-state index in [-0.39, 0.29) is 6.03 Å². The van der Waals surface area contributed by atoms with Crippen molar-refractivity contribution in [2.75, 3.05) is 49.6 Å². The normalized spacial score (nSPS) is 16.3. The van der Waals surface area contributed by atoms with Gasteiger partial charge in [-0.2, -0.15) is 0 Å². The molecule has 6 nitrogen and oxygen atoms in total. The maximum Gasteiger partial charge on any atom is 0.321 e. The molecule has 2 amide bonds. The Hall–Kier alpha value is -2.60. The number of para-hydroxylation sites is 1. The first-order valence-corrected chi connectivity index (χ1v) is 9.03. The number of hydrogen-bond donors (Lipinski definition) is 1. The average Bonchev–Trinajstić information content (AvgIpc) is 2.68. The van der Waals surface area contributed by atoms with E-state index in [0.717, 1.165) is 23.8 Å². The molecule has 1 fully saturated rings. The zero-order valence-electron chi connectivity index (χ0n) is 14.3. The summed E-state index contributed by atoms with van der Waals surface area (Å²) in [5.41, 5.74) is 1.72. The molecular formula is C19H20ClN3O3. The van der Waals surface area contributed by atoms with Gasteiger partial charge in [0.25, 0.3) is 0 Å². The Morgan fingerprint density at radius 2 is 1.69 bits per heavy atom. The first kappa shape index (κ1) is 16.8. The highest BCUT2D eigenvalue weighted by Crippen LogP contribution is 2.32. The zero-order chi connectivity index (χ0) is 17.9. The number of anilines is 2. The van der Waals surface area contributed by atoms with Crippen molar-refractivity contribution in [2.45, 2.75) is 0 Å². The number of nitrogens with one attached hydrogen (secondary N) is 1. The van der Waals surface area contributed by atoms with Crippen LogP contribution in [0.4, 0.5) is 16.2 Å². The molecule has 2 aromatic carbocycles. The van der Waals surface area contributed by atoms with Crippen LogP contribution in [0.3, 0.4) is 0 Å². The van der Waals surface area contributed by atoms with E-state index in [0.29, 0.717) is 43.5 Å². The lowest BCUT2D eigenvalue weighted by molar-refractivity contribution is 0.171. The molecule has 0 aromatic heterocycles. The number of hydrogen-bond acceptors (Lipinski definition) is 4. The Labute approximate surface area is 157 Å². The second-order valence-electron chi connectivity index (χ2n) is 6.21. The van der Waals surface area contributed by atoms with Gasteiger partial charge in [0.05, 0.1) is 10.7 Å². The summed E-state index contributed by atoms with van der Waals surface area (Å²) in [6.45, 7) is 3.85. The molecule has 0 unspecified atom stereocenters. The van der Waals surface area contributed by atoms with Crippen LogP contribution in [0.15, 0.2) is 42.5 Å². The van der Waals surface area contributed by atoms with Gasteiger partial charge in [-0.25, -0.2) is 4.79 Å². The fraction of sp³-hybridized carbons (Fsp3) is 0.316. The standard InChI is InChI=1S/C19H20ClN3O3/c20-15-3-1-2-4-16(15)22-7-9-23(10-8-22)19(24)21-14-5-6-17-18(13-14)26-12-11-25-17/h1-6,13H,7-12H2,(H,21,24). The van der Waals surface area contributed by atoms with Crippen molar-refractivity contribution in [3.05, 3.63) is 47.5 Å². The number of fused-ring (bicyclic) bond motifs is 1. The monoisotopic (exact) mass is 373 g/mol. The molecule has 0 spiro atoms. The van der Waals surface area contributed by atoms with Gasteiger partial charge in [-0.1, -0.05) is 23.7 Å². The third kappa shape index (κ3) is 3.51. The van der Waals surface area contributed by atoms with Crippen LogP contribution in [0, 0.1) is 0 Å². The molecule has 0 aliphatic carbocycles. The van der Waals surface area contributed by atoms with Gasteiger partial charge in [0.15, 0.2) is 11.5 Å². The molecule has 0 bridgehead atoms. The van der Waals surface area contributed by atoms with Gasteiger partial charge >= 0.3 is 6.03 Å². The minimum absolute atomic E-state index is 0.111. The van der Waals surface area contributed by atoms with Gasteiger partial charge in [0.2, 0.25) is 0 Å². The van der Waals surface area contributed by atoms with Crippen molar-refractivity contribution < 1.29 is 14.3 Å². The quantitative estimate of drug-likeness (QED) is 0.875. The largest absolute Gasteiger partial charge is 0.486 e. The highest BCUT2D eigenvalue weighted by atomic mass is 35.5. The minimum atomic E-state index is -0.111. The summed E-state index contributed by atoms with van der Waals surface area (Å²) < 4.78 is 11.1. The van der Waals surface area contributed by atoms with Crippen LogP contribution in [0.25, 0.3) is 0 Å². The van der Waals surface area contributed by atoms with E-state index in [1.54, 1.807) is 6.07 Å². The SMILES string of the molecule is O=C(Nc1ccc2c(c1)OCCO2)N1CCN(c2ccccc2Cl)CC1. The highest BCUT2D eigenvalue weighted by molar-refractivity contribution is 6.33. The lowest BCUT2D eigenvalue weighted by Crippen LogP contribution is -2.50. The summed E-state index contributed by atoms with van der Waals surface area (Å²) in [7, 11) is 0. The van der Waals surface area contributed by atoms with Crippen molar-refractivity contribution >= 4 is 29.0 Å². The molecule has 7 heteroatoms. The Balaban J connectivity index is 1.36. The molecule has 2 heterocycles.